The number of aromatic nitrogens is 3. The van der Waals surface area contributed by atoms with Crippen LogP contribution >= 0.6 is 0 Å². The fraction of sp³-hybridized carbons (Fsp3) is 0.143. The van der Waals surface area contributed by atoms with Gasteiger partial charge in [-0.15, -0.1) is 0 Å². The number of hydrogen-bond donors (Lipinski definition) is 0. The summed E-state index contributed by atoms with van der Waals surface area (Å²) in [7, 11) is -1.79. The summed E-state index contributed by atoms with van der Waals surface area (Å²) in [6.45, 7) is 0.173. The maximum absolute atomic E-state index is 12.8. The lowest BCUT2D eigenvalue weighted by Crippen LogP contribution is -2.28. The van der Waals surface area contributed by atoms with Crippen LogP contribution in [0.2, 0.25) is 0 Å². The Morgan fingerprint density at radius 1 is 1.14 bits per heavy atom. The first-order valence-corrected chi connectivity index (χ1v) is 7.90. The Morgan fingerprint density at radius 3 is 2.62 bits per heavy atom. The molecule has 1 aromatic heterocycles. The van der Waals surface area contributed by atoms with Crippen molar-refractivity contribution in [1.29, 1.82) is 0 Å². The van der Waals surface area contributed by atoms with Gasteiger partial charge in [-0.2, -0.15) is 5.10 Å². The number of sulfonamides is 1. The standard InChI is InChI=1S/C14H12N4O2S/c1-17-13(15-9-16-17)8-18-11-6-2-4-10-5-3-7-12(14(10)11)21(18,19)20/h2-7,9H,8H2,1H3. The third-order valence-electron chi connectivity index (χ3n) is 3.77. The summed E-state index contributed by atoms with van der Waals surface area (Å²) in [6, 6.07) is 11.0. The molecule has 0 radical (unpaired) electrons. The Labute approximate surface area is 121 Å². The van der Waals surface area contributed by atoms with Gasteiger partial charge in [0.15, 0.2) is 0 Å². The lowest BCUT2D eigenvalue weighted by molar-refractivity contribution is 0.590. The molecule has 6 nitrogen and oxygen atoms in total. The van der Waals surface area contributed by atoms with Gasteiger partial charge in [-0.3, -0.25) is 8.99 Å². The van der Waals surface area contributed by atoms with E-state index in [2.05, 4.69) is 10.1 Å². The van der Waals surface area contributed by atoms with Crippen LogP contribution in [0.3, 0.4) is 0 Å². The average Bonchev–Trinajstić information content (AvgIpc) is 2.96. The third-order valence-corrected chi connectivity index (χ3v) is 5.57. The maximum Gasteiger partial charge on any atom is 0.265 e. The Kier molecular flexibility index (Phi) is 2.38. The quantitative estimate of drug-likeness (QED) is 0.722. The normalized spacial score (nSPS) is 15.8. The molecule has 0 fully saturated rings. The van der Waals surface area contributed by atoms with Crippen LogP contribution in [0.25, 0.3) is 10.8 Å². The number of anilines is 1. The highest BCUT2D eigenvalue weighted by Crippen LogP contribution is 2.42. The monoisotopic (exact) mass is 300 g/mol. The molecule has 106 valence electrons. The summed E-state index contributed by atoms with van der Waals surface area (Å²) >= 11 is 0. The van der Waals surface area contributed by atoms with Crippen molar-refractivity contribution in [1.82, 2.24) is 14.8 Å². The van der Waals surface area contributed by atoms with Crippen LogP contribution in [-0.4, -0.2) is 23.2 Å². The third kappa shape index (κ3) is 1.61. The highest BCUT2D eigenvalue weighted by Gasteiger charge is 2.36. The molecule has 21 heavy (non-hydrogen) atoms. The zero-order valence-corrected chi connectivity index (χ0v) is 12.1. The first-order chi connectivity index (χ1) is 10.1. The lowest BCUT2D eigenvalue weighted by atomic mass is 10.1. The fourth-order valence-electron chi connectivity index (χ4n) is 2.72. The summed E-state index contributed by atoms with van der Waals surface area (Å²) in [6.07, 6.45) is 1.42. The van der Waals surface area contributed by atoms with Crippen LogP contribution < -0.4 is 4.31 Å². The van der Waals surface area contributed by atoms with E-state index in [1.54, 1.807) is 23.9 Å². The molecule has 4 rings (SSSR count). The minimum atomic E-state index is -3.54. The number of benzene rings is 2. The highest BCUT2D eigenvalue weighted by atomic mass is 32.2. The van der Waals surface area contributed by atoms with Crippen LogP contribution in [-0.2, 0) is 23.6 Å². The van der Waals surface area contributed by atoms with Crippen molar-refractivity contribution >= 4 is 26.5 Å². The zero-order chi connectivity index (χ0) is 14.6. The van der Waals surface area contributed by atoms with E-state index < -0.39 is 10.0 Å². The Bertz CT molecular complexity index is 957. The van der Waals surface area contributed by atoms with Gasteiger partial charge in [-0.25, -0.2) is 13.4 Å². The molecule has 7 heteroatoms. The minimum absolute atomic E-state index is 0.173. The van der Waals surface area contributed by atoms with E-state index in [9.17, 15) is 8.42 Å². The van der Waals surface area contributed by atoms with Gasteiger partial charge in [0.25, 0.3) is 10.0 Å². The van der Waals surface area contributed by atoms with Crippen molar-refractivity contribution < 1.29 is 8.42 Å². The average molecular weight is 300 g/mol. The maximum atomic E-state index is 12.8. The molecule has 2 heterocycles. The molecule has 1 aliphatic heterocycles. The molecule has 0 N–H and O–H groups in total. The van der Waals surface area contributed by atoms with Crippen molar-refractivity contribution in [3.8, 4) is 0 Å². The lowest BCUT2D eigenvalue weighted by Gasteiger charge is -2.17. The van der Waals surface area contributed by atoms with Gasteiger partial charge < -0.3 is 0 Å². The Hall–Kier alpha value is -2.41. The highest BCUT2D eigenvalue weighted by molar-refractivity contribution is 7.93. The molecular weight excluding hydrogens is 288 g/mol. The molecular formula is C14H12N4O2S. The summed E-state index contributed by atoms with van der Waals surface area (Å²) < 4.78 is 28.5. The van der Waals surface area contributed by atoms with Crippen molar-refractivity contribution in [2.45, 2.75) is 11.4 Å². The molecule has 0 unspecified atom stereocenters. The number of nitrogens with zero attached hydrogens (tertiary/aromatic N) is 4. The topological polar surface area (TPSA) is 68.1 Å². The second-order valence-corrected chi connectivity index (χ2v) is 6.77. The van der Waals surface area contributed by atoms with Crippen LogP contribution in [0, 0.1) is 0 Å². The zero-order valence-electron chi connectivity index (χ0n) is 11.3. The fourth-order valence-corrected chi connectivity index (χ4v) is 4.39. The Balaban J connectivity index is 1.95. The molecule has 0 aliphatic carbocycles. The minimum Gasteiger partial charge on any atom is -0.258 e. The predicted molar refractivity (Wildman–Crippen MR) is 78.3 cm³/mol. The molecule has 0 amide bonds. The molecule has 3 aromatic rings. The predicted octanol–water partition coefficient (Wildman–Crippen LogP) is 1.68. The SMILES string of the molecule is Cn1ncnc1CN1c2cccc3cccc(c23)S1(=O)=O. The van der Waals surface area contributed by atoms with E-state index in [-0.39, 0.29) is 6.54 Å². The van der Waals surface area contributed by atoms with Gasteiger partial charge in [-0.1, -0.05) is 24.3 Å². The summed E-state index contributed by atoms with van der Waals surface area (Å²) in [4.78, 5) is 4.48. The van der Waals surface area contributed by atoms with Gasteiger partial charge in [0.2, 0.25) is 0 Å². The molecule has 0 saturated heterocycles. The molecule has 0 bridgehead atoms. The second kappa shape index (κ2) is 4.05. The first kappa shape index (κ1) is 12.3. The van der Waals surface area contributed by atoms with Crippen molar-refractivity contribution in [2.75, 3.05) is 4.31 Å². The Morgan fingerprint density at radius 2 is 1.90 bits per heavy atom. The molecule has 0 spiro atoms. The van der Waals surface area contributed by atoms with Crippen molar-refractivity contribution in [3.05, 3.63) is 48.5 Å². The number of hydrogen-bond acceptors (Lipinski definition) is 4. The van der Waals surface area contributed by atoms with Gasteiger partial charge in [0.1, 0.15) is 12.2 Å². The number of aryl methyl sites for hydroxylation is 1. The molecule has 0 saturated carbocycles. The summed E-state index contributed by atoms with van der Waals surface area (Å²) in [5.74, 6) is 0.600. The largest absolute Gasteiger partial charge is 0.265 e. The van der Waals surface area contributed by atoms with E-state index in [4.69, 9.17) is 0 Å². The smallest absolute Gasteiger partial charge is 0.258 e. The van der Waals surface area contributed by atoms with Crippen molar-refractivity contribution in [3.63, 3.8) is 0 Å². The first-order valence-electron chi connectivity index (χ1n) is 6.46. The van der Waals surface area contributed by atoms with E-state index in [1.165, 1.54) is 10.6 Å². The van der Waals surface area contributed by atoms with Crippen LogP contribution in [0.1, 0.15) is 5.82 Å². The van der Waals surface area contributed by atoms with E-state index in [0.29, 0.717) is 16.4 Å². The van der Waals surface area contributed by atoms with Gasteiger partial charge in [0.05, 0.1) is 17.1 Å². The van der Waals surface area contributed by atoms with Gasteiger partial charge in [0, 0.05) is 12.4 Å². The van der Waals surface area contributed by atoms with E-state index in [0.717, 1.165) is 10.8 Å². The molecule has 2 aromatic carbocycles. The van der Waals surface area contributed by atoms with Crippen LogP contribution in [0.4, 0.5) is 5.69 Å². The van der Waals surface area contributed by atoms with Gasteiger partial charge in [-0.05, 0) is 17.5 Å². The molecule has 0 atom stereocenters. The van der Waals surface area contributed by atoms with Crippen molar-refractivity contribution in [2.24, 2.45) is 7.05 Å². The molecule has 1 aliphatic rings. The van der Waals surface area contributed by atoms with Crippen LogP contribution in [0.15, 0.2) is 47.6 Å². The second-order valence-electron chi connectivity index (χ2n) is 4.94. The summed E-state index contributed by atoms with van der Waals surface area (Å²) in [5, 5.41) is 5.69. The van der Waals surface area contributed by atoms with E-state index in [1.807, 2.05) is 24.3 Å². The van der Waals surface area contributed by atoms with Crippen LogP contribution in [0.5, 0.6) is 0 Å². The van der Waals surface area contributed by atoms with E-state index >= 15 is 0 Å². The number of rotatable bonds is 2. The van der Waals surface area contributed by atoms with Gasteiger partial charge >= 0.3 is 0 Å². The summed E-state index contributed by atoms with van der Waals surface area (Å²) in [5.41, 5.74) is 0.700.